The van der Waals surface area contributed by atoms with Crippen molar-refractivity contribution in [3.8, 4) is 6.07 Å². The van der Waals surface area contributed by atoms with E-state index in [1.807, 2.05) is 9.80 Å². The molecule has 2 heterocycles. The zero-order valence-electron chi connectivity index (χ0n) is 13.7. The molecular formula is C18H22N4O2. The van der Waals surface area contributed by atoms with E-state index in [1.54, 1.807) is 24.3 Å². The summed E-state index contributed by atoms with van der Waals surface area (Å²) in [5, 5.41) is 11.7. The highest BCUT2D eigenvalue weighted by atomic mass is 16.2. The molecule has 1 aromatic carbocycles. The standard InChI is InChI=1S/C18H22N4O2/c19-12-14-6-8-15(9-7-14)20-18(24)22-11-2-1-4-16(22)13-21-10-3-5-17(21)23/h6-9,16H,1-5,10-11,13H2,(H,20,24)/t16-/m0/s1. The summed E-state index contributed by atoms with van der Waals surface area (Å²) in [4.78, 5) is 28.2. The van der Waals surface area contributed by atoms with E-state index >= 15 is 0 Å². The normalized spacial score (nSPS) is 20.8. The number of benzene rings is 1. The minimum absolute atomic E-state index is 0.0826. The molecule has 0 spiro atoms. The van der Waals surface area contributed by atoms with Crippen molar-refractivity contribution in [1.82, 2.24) is 9.80 Å². The summed E-state index contributed by atoms with van der Waals surface area (Å²) in [6, 6.07) is 8.86. The van der Waals surface area contributed by atoms with Gasteiger partial charge in [0.25, 0.3) is 0 Å². The van der Waals surface area contributed by atoms with Gasteiger partial charge in [-0.25, -0.2) is 4.79 Å². The van der Waals surface area contributed by atoms with Gasteiger partial charge in [-0.2, -0.15) is 5.26 Å². The molecule has 2 aliphatic rings. The maximum atomic E-state index is 12.6. The molecule has 6 heteroatoms. The molecule has 2 fully saturated rings. The number of hydrogen-bond acceptors (Lipinski definition) is 3. The van der Waals surface area contributed by atoms with Crippen LogP contribution in [0.5, 0.6) is 0 Å². The second kappa shape index (κ2) is 7.35. The minimum Gasteiger partial charge on any atom is -0.341 e. The van der Waals surface area contributed by atoms with Gasteiger partial charge < -0.3 is 15.1 Å². The van der Waals surface area contributed by atoms with Crippen LogP contribution in [0.2, 0.25) is 0 Å². The number of piperidine rings is 1. The number of nitriles is 1. The zero-order chi connectivity index (χ0) is 16.9. The molecule has 0 unspecified atom stereocenters. The monoisotopic (exact) mass is 326 g/mol. The van der Waals surface area contributed by atoms with Crippen LogP contribution in [0.1, 0.15) is 37.7 Å². The Bertz CT molecular complexity index is 650. The predicted molar refractivity (Wildman–Crippen MR) is 90.3 cm³/mol. The molecule has 0 aromatic heterocycles. The number of rotatable bonds is 3. The third-order valence-electron chi connectivity index (χ3n) is 4.76. The molecule has 24 heavy (non-hydrogen) atoms. The highest BCUT2D eigenvalue weighted by Gasteiger charge is 2.31. The van der Waals surface area contributed by atoms with Crippen molar-refractivity contribution < 1.29 is 9.59 Å². The van der Waals surface area contributed by atoms with Gasteiger partial charge in [0.1, 0.15) is 0 Å². The fraction of sp³-hybridized carbons (Fsp3) is 0.500. The average molecular weight is 326 g/mol. The van der Waals surface area contributed by atoms with Crippen molar-refractivity contribution in [3.63, 3.8) is 0 Å². The van der Waals surface area contributed by atoms with Crippen molar-refractivity contribution in [2.24, 2.45) is 0 Å². The van der Waals surface area contributed by atoms with Crippen LogP contribution in [-0.2, 0) is 4.79 Å². The second-order valence-electron chi connectivity index (χ2n) is 6.41. The van der Waals surface area contributed by atoms with E-state index in [9.17, 15) is 9.59 Å². The largest absolute Gasteiger partial charge is 0.341 e. The summed E-state index contributed by atoms with van der Waals surface area (Å²) in [5.41, 5.74) is 1.25. The minimum atomic E-state index is -0.129. The van der Waals surface area contributed by atoms with Gasteiger partial charge in [-0.3, -0.25) is 4.79 Å². The van der Waals surface area contributed by atoms with Crippen molar-refractivity contribution in [2.45, 2.75) is 38.1 Å². The van der Waals surface area contributed by atoms with E-state index in [-0.39, 0.29) is 18.0 Å². The third kappa shape index (κ3) is 3.67. The maximum Gasteiger partial charge on any atom is 0.322 e. The lowest BCUT2D eigenvalue weighted by molar-refractivity contribution is -0.128. The first-order valence-electron chi connectivity index (χ1n) is 8.53. The van der Waals surface area contributed by atoms with Crippen LogP contribution in [0.15, 0.2) is 24.3 Å². The Hall–Kier alpha value is -2.55. The quantitative estimate of drug-likeness (QED) is 0.927. The Morgan fingerprint density at radius 1 is 1.21 bits per heavy atom. The number of carbonyl (C=O) groups excluding carboxylic acids is 2. The third-order valence-corrected chi connectivity index (χ3v) is 4.76. The number of anilines is 1. The van der Waals surface area contributed by atoms with Gasteiger partial charge in [0.05, 0.1) is 17.7 Å². The molecule has 1 atom stereocenters. The molecule has 2 saturated heterocycles. The molecule has 6 nitrogen and oxygen atoms in total. The van der Waals surface area contributed by atoms with Crippen LogP contribution in [0, 0.1) is 11.3 Å². The van der Waals surface area contributed by atoms with Gasteiger partial charge in [0.15, 0.2) is 0 Å². The topological polar surface area (TPSA) is 76.4 Å². The van der Waals surface area contributed by atoms with Crippen molar-refractivity contribution in [2.75, 3.05) is 25.0 Å². The van der Waals surface area contributed by atoms with Crippen LogP contribution in [-0.4, -0.2) is 47.4 Å². The summed E-state index contributed by atoms with van der Waals surface area (Å²) in [6.07, 6.45) is 4.57. The smallest absolute Gasteiger partial charge is 0.322 e. The van der Waals surface area contributed by atoms with Crippen LogP contribution in [0.25, 0.3) is 0 Å². The number of nitrogens with one attached hydrogen (secondary N) is 1. The van der Waals surface area contributed by atoms with Crippen molar-refractivity contribution >= 4 is 17.6 Å². The molecular weight excluding hydrogens is 304 g/mol. The van der Waals surface area contributed by atoms with E-state index < -0.39 is 0 Å². The van der Waals surface area contributed by atoms with Crippen LogP contribution in [0.4, 0.5) is 10.5 Å². The lowest BCUT2D eigenvalue weighted by Gasteiger charge is -2.37. The first-order valence-corrected chi connectivity index (χ1v) is 8.53. The number of nitrogens with zero attached hydrogens (tertiary/aromatic N) is 3. The van der Waals surface area contributed by atoms with Gasteiger partial charge in [0.2, 0.25) is 5.91 Å². The number of likely N-dealkylation sites (tertiary alicyclic amines) is 2. The highest BCUT2D eigenvalue weighted by molar-refractivity contribution is 5.89. The first kappa shape index (κ1) is 16.3. The molecule has 1 N–H and O–H groups in total. The van der Waals surface area contributed by atoms with E-state index in [1.165, 1.54) is 0 Å². The molecule has 1 aromatic rings. The predicted octanol–water partition coefficient (Wildman–Crippen LogP) is 2.57. The van der Waals surface area contributed by atoms with E-state index in [4.69, 9.17) is 5.26 Å². The molecule has 0 bridgehead atoms. The van der Waals surface area contributed by atoms with Crippen molar-refractivity contribution in [1.29, 1.82) is 5.26 Å². The molecule has 126 valence electrons. The Kier molecular flexibility index (Phi) is 4.99. The SMILES string of the molecule is N#Cc1ccc(NC(=O)N2CCCC[C@H]2CN2CCCC2=O)cc1. The zero-order valence-corrected chi connectivity index (χ0v) is 13.7. The van der Waals surface area contributed by atoms with Crippen LogP contribution < -0.4 is 5.32 Å². The van der Waals surface area contributed by atoms with E-state index in [2.05, 4.69) is 11.4 Å². The fourth-order valence-corrected chi connectivity index (χ4v) is 3.43. The first-order chi connectivity index (χ1) is 11.7. The Balaban J connectivity index is 1.64. The Morgan fingerprint density at radius 2 is 2.00 bits per heavy atom. The molecule has 0 radical (unpaired) electrons. The Labute approximate surface area is 142 Å². The fourth-order valence-electron chi connectivity index (χ4n) is 3.43. The maximum absolute atomic E-state index is 12.6. The van der Waals surface area contributed by atoms with Gasteiger partial charge in [-0.1, -0.05) is 0 Å². The summed E-state index contributed by atoms with van der Waals surface area (Å²) in [7, 11) is 0. The molecule has 0 aliphatic carbocycles. The van der Waals surface area contributed by atoms with Gasteiger partial charge in [-0.05, 0) is 49.9 Å². The second-order valence-corrected chi connectivity index (χ2v) is 6.41. The van der Waals surface area contributed by atoms with Gasteiger partial charge in [-0.15, -0.1) is 0 Å². The summed E-state index contributed by atoms with van der Waals surface area (Å²) < 4.78 is 0. The number of carbonyl (C=O) groups is 2. The molecule has 3 amide bonds. The average Bonchev–Trinajstić information content (AvgIpc) is 3.01. The highest BCUT2D eigenvalue weighted by Crippen LogP contribution is 2.22. The number of urea groups is 1. The number of amides is 3. The van der Waals surface area contributed by atoms with Crippen LogP contribution in [0.3, 0.4) is 0 Å². The van der Waals surface area contributed by atoms with Crippen molar-refractivity contribution in [3.05, 3.63) is 29.8 Å². The summed E-state index contributed by atoms with van der Waals surface area (Å²) in [6.45, 7) is 2.16. The summed E-state index contributed by atoms with van der Waals surface area (Å²) >= 11 is 0. The van der Waals surface area contributed by atoms with E-state index in [0.29, 0.717) is 24.2 Å². The lowest BCUT2D eigenvalue weighted by atomic mass is 10.0. The van der Waals surface area contributed by atoms with E-state index in [0.717, 1.165) is 38.8 Å². The Morgan fingerprint density at radius 3 is 2.67 bits per heavy atom. The molecule has 2 aliphatic heterocycles. The number of hydrogen-bond donors (Lipinski definition) is 1. The van der Waals surface area contributed by atoms with Gasteiger partial charge >= 0.3 is 6.03 Å². The lowest BCUT2D eigenvalue weighted by Crippen LogP contribution is -2.51. The molecule has 3 rings (SSSR count). The summed E-state index contributed by atoms with van der Waals surface area (Å²) in [5.74, 6) is 0.202. The molecule has 0 saturated carbocycles. The van der Waals surface area contributed by atoms with Crippen LogP contribution >= 0.6 is 0 Å². The van der Waals surface area contributed by atoms with Gasteiger partial charge in [0, 0.05) is 31.7 Å².